The van der Waals surface area contributed by atoms with Gasteiger partial charge in [-0.3, -0.25) is 0 Å². The van der Waals surface area contributed by atoms with Crippen LogP contribution in [-0.4, -0.2) is 6.54 Å². The Bertz CT molecular complexity index is 270. The monoisotopic (exact) mass is 217 g/mol. The highest BCUT2D eigenvalue weighted by atomic mass is 35.5. The Hall–Kier alpha value is -0.0500. The highest BCUT2D eigenvalue weighted by Gasteiger charge is 2.12. The third-order valence-electron chi connectivity index (χ3n) is 2.02. The molecule has 13 heavy (non-hydrogen) atoms. The van der Waals surface area contributed by atoms with Crippen molar-refractivity contribution in [3.63, 3.8) is 0 Å². The number of nitrogens with one attached hydrogen (secondary N) is 1. The molecule has 0 saturated carbocycles. The molecule has 0 aliphatic rings. The van der Waals surface area contributed by atoms with Gasteiger partial charge in [0.2, 0.25) is 0 Å². The molecule has 0 radical (unpaired) electrons. The zero-order valence-electron chi connectivity index (χ0n) is 8.36. The van der Waals surface area contributed by atoms with Crippen molar-refractivity contribution in [2.75, 3.05) is 6.54 Å². The van der Waals surface area contributed by atoms with Crippen LogP contribution >= 0.6 is 22.9 Å². The molecule has 0 fully saturated rings. The molecule has 1 heterocycles. The van der Waals surface area contributed by atoms with Crippen LogP contribution in [0, 0.1) is 6.92 Å². The summed E-state index contributed by atoms with van der Waals surface area (Å²) in [7, 11) is 0. The van der Waals surface area contributed by atoms with E-state index in [1.807, 2.05) is 0 Å². The minimum atomic E-state index is 0.381. The van der Waals surface area contributed by atoms with Gasteiger partial charge in [-0.2, -0.15) is 0 Å². The highest BCUT2D eigenvalue weighted by Crippen LogP contribution is 2.31. The van der Waals surface area contributed by atoms with E-state index in [4.69, 9.17) is 11.6 Å². The Morgan fingerprint density at radius 3 is 2.77 bits per heavy atom. The molecule has 1 atom stereocenters. The van der Waals surface area contributed by atoms with Crippen LogP contribution < -0.4 is 5.32 Å². The van der Waals surface area contributed by atoms with Crippen molar-refractivity contribution in [3.8, 4) is 0 Å². The lowest BCUT2D eigenvalue weighted by Crippen LogP contribution is -2.18. The highest BCUT2D eigenvalue weighted by molar-refractivity contribution is 7.10. The van der Waals surface area contributed by atoms with Gasteiger partial charge < -0.3 is 5.32 Å². The Kier molecular flexibility index (Phi) is 4.23. The summed E-state index contributed by atoms with van der Waals surface area (Å²) < 4.78 is 0. The number of rotatable bonds is 4. The topological polar surface area (TPSA) is 12.0 Å². The maximum atomic E-state index is 6.15. The first-order valence-corrected chi connectivity index (χ1v) is 5.89. The molecular formula is C10H16ClNS. The first-order valence-electron chi connectivity index (χ1n) is 4.63. The quantitative estimate of drug-likeness (QED) is 0.810. The van der Waals surface area contributed by atoms with E-state index in [-0.39, 0.29) is 0 Å². The van der Waals surface area contributed by atoms with Crippen LogP contribution in [-0.2, 0) is 0 Å². The van der Waals surface area contributed by atoms with Gasteiger partial charge in [-0.15, -0.1) is 11.3 Å². The van der Waals surface area contributed by atoms with Crippen molar-refractivity contribution < 1.29 is 0 Å². The molecule has 74 valence electrons. The molecule has 0 aromatic carbocycles. The molecule has 1 rings (SSSR count). The van der Waals surface area contributed by atoms with E-state index in [9.17, 15) is 0 Å². The summed E-state index contributed by atoms with van der Waals surface area (Å²) in [5, 5.41) is 6.47. The van der Waals surface area contributed by atoms with Crippen LogP contribution in [0.4, 0.5) is 0 Å². The van der Waals surface area contributed by atoms with E-state index < -0.39 is 0 Å². The number of halogens is 1. The Morgan fingerprint density at radius 2 is 2.31 bits per heavy atom. The normalized spacial score (nSPS) is 13.2. The summed E-state index contributed by atoms with van der Waals surface area (Å²) >= 11 is 7.89. The van der Waals surface area contributed by atoms with E-state index in [2.05, 4.69) is 31.5 Å². The number of aryl methyl sites for hydroxylation is 1. The van der Waals surface area contributed by atoms with E-state index in [1.54, 1.807) is 11.3 Å². The molecular weight excluding hydrogens is 202 g/mol. The largest absolute Gasteiger partial charge is 0.309 e. The van der Waals surface area contributed by atoms with Crippen molar-refractivity contribution in [3.05, 3.63) is 20.8 Å². The fourth-order valence-electron chi connectivity index (χ4n) is 1.20. The summed E-state index contributed by atoms with van der Waals surface area (Å²) in [6.07, 6.45) is 1.16. The smallest absolute Gasteiger partial charge is 0.0590 e. The number of hydrogen-bond donors (Lipinski definition) is 1. The van der Waals surface area contributed by atoms with E-state index in [1.165, 1.54) is 10.4 Å². The summed E-state index contributed by atoms with van der Waals surface area (Å²) in [5.41, 5.74) is 1.19. The summed E-state index contributed by atoms with van der Waals surface area (Å²) in [5.74, 6) is 0. The second-order valence-corrected chi connectivity index (χ2v) is 4.56. The van der Waals surface area contributed by atoms with Crippen LogP contribution in [0.2, 0.25) is 5.02 Å². The van der Waals surface area contributed by atoms with E-state index in [0.717, 1.165) is 18.0 Å². The molecule has 1 N–H and O–H groups in total. The maximum absolute atomic E-state index is 6.15. The van der Waals surface area contributed by atoms with Crippen LogP contribution in [0.1, 0.15) is 36.8 Å². The van der Waals surface area contributed by atoms with Gasteiger partial charge in [-0.25, -0.2) is 0 Å². The van der Waals surface area contributed by atoms with Crippen LogP contribution in [0.3, 0.4) is 0 Å². The molecule has 0 bridgehead atoms. The van der Waals surface area contributed by atoms with Crippen LogP contribution in [0.15, 0.2) is 5.38 Å². The van der Waals surface area contributed by atoms with Gasteiger partial charge in [0.05, 0.1) is 5.02 Å². The second-order valence-electron chi connectivity index (χ2n) is 3.27. The van der Waals surface area contributed by atoms with Crippen molar-refractivity contribution >= 4 is 22.9 Å². The van der Waals surface area contributed by atoms with Crippen molar-refractivity contribution in [2.24, 2.45) is 0 Å². The molecule has 0 spiro atoms. The first kappa shape index (κ1) is 11.0. The minimum Gasteiger partial charge on any atom is -0.309 e. The standard InChI is InChI=1S/C10H16ClNS/c1-4-5-12-8(3)10-9(11)7(2)6-13-10/h6,8,12H,4-5H2,1-3H3. The van der Waals surface area contributed by atoms with Gasteiger partial charge >= 0.3 is 0 Å². The fourth-order valence-corrected chi connectivity index (χ4v) is 2.59. The average molecular weight is 218 g/mol. The maximum Gasteiger partial charge on any atom is 0.0590 e. The molecule has 1 unspecified atom stereocenters. The van der Waals surface area contributed by atoms with Crippen LogP contribution in [0.25, 0.3) is 0 Å². The third-order valence-corrected chi connectivity index (χ3v) is 3.92. The minimum absolute atomic E-state index is 0.381. The van der Waals surface area contributed by atoms with E-state index >= 15 is 0 Å². The fraction of sp³-hybridized carbons (Fsp3) is 0.600. The summed E-state index contributed by atoms with van der Waals surface area (Å²) in [6.45, 7) is 7.43. The average Bonchev–Trinajstić information content (AvgIpc) is 2.44. The Morgan fingerprint density at radius 1 is 1.62 bits per heavy atom. The third kappa shape index (κ3) is 2.70. The molecule has 0 aliphatic heterocycles. The van der Waals surface area contributed by atoms with E-state index in [0.29, 0.717) is 6.04 Å². The second kappa shape index (κ2) is 4.99. The molecule has 1 aromatic heterocycles. The van der Waals surface area contributed by atoms with Gasteiger partial charge in [0.15, 0.2) is 0 Å². The number of hydrogen-bond acceptors (Lipinski definition) is 2. The molecule has 0 amide bonds. The molecule has 1 aromatic rings. The lowest BCUT2D eigenvalue weighted by atomic mass is 10.2. The van der Waals surface area contributed by atoms with Gasteiger partial charge in [0.1, 0.15) is 0 Å². The molecule has 3 heteroatoms. The number of thiophene rings is 1. The molecule has 1 nitrogen and oxygen atoms in total. The van der Waals surface area contributed by atoms with Crippen LogP contribution in [0.5, 0.6) is 0 Å². The van der Waals surface area contributed by atoms with Crippen molar-refractivity contribution in [1.82, 2.24) is 5.32 Å². The van der Waals surface area contributed by atoms with Crippen molar-refractivity contribution in [2.45, 2.75) is 33.2 Å². The Labute approximate surface area is 89.1 Å². The zero-order chi connectivity index (χ0) is 9.84. The predicted octanol–water partition coefficient (Wildman–Crippen LogP) is 3.77. The van der Waals surface area contributed by atoms with Gasteiger partial charge in [-0.1, -0.05) is 18.5 Å². The van der Waals surface area contributed by atoms with Crippen molar-refractivity contribution in [1.29, 1.82) is 0 Å². The first-order chi connectivity index (χ1) is 6.16. The SMILES string of the molecule is CCCNC(C)c1scc(C)c1Cl. The van der Waals surface area contributed by atoms with Gasteiger partial charge in [0.25, 0.3) is 0 Å². The predicted molar refractivity (Wildman–Crippen MR) is 60.8 cm³/mol. The van der Waals surface area contributed by atoms with Gasteiger partial charge in [-0.05, 0) is 37.8 Å². The summed E-state index contributed by atoms with van der Waals surface area (Å²) in [4.78, 5) is 1.26. The molecule has 0 aliphatic carbocycles. The Balaban J connectivity index is 2.65. The molecule has 0 saturated heterocycles. The lowest BCUT2D eigenvalue weighted by Gasteiger charge is -2.11. The van der Waals surface area contributed by atoms with Gasteiger partial charge in [0, 0.05) is 10.9 Å². The summed E-state index contributed by atoms with van der Waals surface area (Å²) in [6, 6.07) is 0.381. The lowest BCUT2D eigenvalue weighted by molar-refractivity contribution is 0.578. The zero-order valence-corrected chi connectivity index (χ0v) is 9.93.